The molecule has 0 saturated heterocycles. The zero-order valence-corrected chi connectivity index (χ0v) is 15.8. The topological polar surface area (TPSA) is 86.3 Å². The van der Waals surface area contributed by atoms with Gasteiger partial charge in [-0.05, 0) is 24.3 Å². The minimum atomic E-state index is -1.30. The number of ether oxygens (including phenoxy) is 5. The van der Waals surface area contributed by atoms with Gasteiger partial charge in [-0.25, -0.2) is 0 Å². The fourth-order valence-electron chi connectivity index (χ4n) is 2.50. The molecule has 144 valence electrons. The van der Waals surface area contributed by atoms with Crippen LogP contribution in [0.1, 0.15) is 6.42 Å². The molecule has 3 rings (SSSR count). The number of aliphatic carboxylic acids is 1. The van der Waals surface area contributed by atoms with Crippen LogP contribution in [0, 0.1) is 0 Å². The molecule has 0 aliphatic carbocycles. The van der Waals surface area contributed by atoms with Crippen LogP contribution in [0.4, 0.5) is 0 Å². The van der Waals surface area contributed by atoms with E-state index in [1.54, 1.807) is 12.1 Å². The molecule has 2 aromatic carbocycles. The van der Waals surface area contributed by atoms with Gasteiger partial charge in [-0.2, -0.15) is 0 Å². The van der Waals surface area contributed by atoms with Crippen molar-refractivity contribution >= 4 is 5.97 Å². The molecule has 0 atom stereocenters. The standard InChI is InChI=1S/C20H22O7.Li/c21-20(22)14-25-15-12-26-18-8-3-1-6-16(18)23-10-5-11-24-17-7-2-4-9-19(17)27-13-15;/h1-4,6-9,15H,5,10-14H2,(H,21,22);/q;+1/p-1. The van der Waals surface area contributed by atoms with Crippen molar-refractivity contribution in [3.8, 4) is 23.0 Å². The average molecular weight is 380 g/mol. The summed E-state index contributed by atoms with van der Waals surface area (Å²) in [6, 6.07) is 14.6. The second-order valence-electron chi connectivity index (χ2n) is 5.87. The molecule has 8 heteroatoms. The van der Waals surface area contributed by atoms with Crippen LogP contribution in [0.15, 0.2) is 48.5 Å². The number of carboxylic acid groups (broad SMARTS) is 1. The monoisotopic (exact) mass is 380 g/mol. The van der Waals surface area contributed by atoms with Crippen LogP contribution in [0.5, 0.6) is 23.0 Å². The first kappa shape index (κ1) is 22.0. The molecule has 2 aromatic rings. The third-order valence-electron chi connectivity index (χ3n) is 3.79. The number of rotatable bonds is 3. The Kier molecular flexibility index (Phi) is 9.02. The van der Waals surface area contributed by atoms with E-state index in [9.17, 15) is 9.90 Å². The van der Waals surface area contributed by atoms with Crippen molar-refractivity contribution in [1.29, 1.82) is 0 Å². The van der Waals surface area contributed by atoms with Gasteiger partial charge in [-0.3, -0.25) is 0 Å². The third-order valence-corrected chi connectivity index (χ3v) is 3.79. The Bertz CT molecular complexity index is 699. The number of fused-ring (bicyclic) bond motifs is 2. The molecule has 0 amide bonds. The summed E-state index contributed by atoms with van der Waals surface area (Å²) < 4.78 is 28.5. The quantitative estimate of drug-likeness (QED) is 0.596. The van der Waals surface area contributed by atoms with Crippen LogP contribution in [0.3, 0.4) is 0 Å². The Morgan fingerprint density at radius 3 is 1.71 bits per heavy atom. The van der Waals surface area contributed by atoms with Gasteiger partial charge in [-0.15, -0.1) is 0 Å². The number of carboxylic acids is 1. The van der Waals surface area contributed by atoms with Crippen molar-refractivity contribution < 1.29 is 52.4 Å². The summed E-state index contributed by atoms with van der Waals surface area (Å²) >= 11 is 0. The molecule has 0 spiro atoms. The smallest absolute Gasteiger partial charge is 0.548 e. The molecule has 0 unspecified atom stereocenters. The molecule has 28 heavy (non-hydrogen) atoms. The number of carbonyl (C=O) groups is 1. The van der Waals surface area contributed by atoms with Gasteiger partial charge in [0.1, 0.15) is 19.3 Å². The van der Waals surface area contributed by atoms with Crippen LogP contribution >= 0.6 is 0 Å². The van der Waals surface area contributed by atoms with Crippen LogP contribution in [-0.2, 0) is 9.53 Å². The zero-order valence-electron chi connectivity index (χ0n) is 15.8. The summed E-state index contributed by atoms with van der Waals surface area (Å²) in [5.41, 5.74) is 0. The summed E-state index contributed by atoms with van der Waals surface area (Å²) in [7, 11) is 0. The normalized spacial score (nSPS) is 15.0. The van der Waals surface area contributed by atoms with E-state index >= 15 is 0 Å². The molecule has 0 saturated carbocycles. The van der Waals surface area contributed by atoms with E-state index in [1.165, 1.54) is 0 Å². The van der Waals surface area contributed by atoms with Crippen LogP contribution in [0.2, 0.25) is 0 Å². The van der Waals surface area contributed by atoms with Gasteiger partial charge in [0, 0.05) is 6.42 Å². The van der Waals surface area contributed by atoms with E-state index in [4.69, 9.17) is 23.7 Å². The molecule has 0 radical (unpaired) electrons. The van der Waals surface area contributed by atoms with Crippen molar-refractivity contribution in [1.82, 2.24) is 0 Å². The maximum absolute atomic E-state index is 10.7. The minimum absolute atomic E-state index is 0. The second-order valence-corrected chi connectivity index (χ2v) is 5.87. The zero-order chi connectivity index (χ0) is 18.9. The number of para-hydroxylation sites is 4. The molecule has 0 bridgehead atoms. The molecule has 1 aliphatic rings. The molecule has 0 N–H and O–H groups in total. The van der Waals surface area contributed by atoms with Crippen molar-refractivity contribution in [2.75, 3.05) is 33.0 Å². The number of benzene rings is 2. The van der Waals surface area contributed by atoms with Gasteiger partial charge >= 0.3 is 18.9 Å². The molecular weight excluding hydrogens is 359 g/mol. The van der Waals surface area contributed by atoms with E-state index in [2.05, 4.69) is 0 Å². The predicted molar refractivity (Wildman–Crippen MR) is 94.2 cm³/mol. The first-order valence-electron chi connectivity index (χ1n) is 8.73. The Hall–Kier alpha value is -2.33. The summed E-state index contributed by atoms with van der Waals surface area (Å²) in [6.07, 6.45) is 0.0759. The molecular formula is C20H21LiO7. The SMILES string of the molecule is O=C([O-])COC1COc2ccccc2OCCCOc2ccccc2OC1.[Li+]. The van der Waals surface area contributed by atoms with E-state index in [0.717, 1.165) is 0 Å². The third kappa shape index (κ3) is 6.68. The number of carbonyl (C=O) groups excluding carboxylic acids is 1. The van der Waals surface area contributed by atoms with Gasteiger partial charge in [0.2, 0.25) is 0 Å². The summed E-state index contributed by atoms with van der Waals surface area (Å²) in [6.45, 7) is 0.572. The first-order valence-corrected chi connectivity index (χ1v) is 8.73. The number of hydrogen-bond acceptors (Lipinski definition) is 7. The second kappa shape index (κ2) is 11.5. The average Bonchev–Trinajstić information content (AvgIpc) is 2.68. The molecule has 7 nitrogen and oxygen atoms in total. The van der Waals surface area contributed by atoms with E-state index in [-0.39, 0.29) is 32.1 Å². The van der Waals surface area contributed by atoms with Crippen LogP contribution in [-0.4, -0.2) is 45.1 Å². The Morgan fingerprint density at radius 1 is 0.857 bits per heavy atom. The van der Waals surface area contributed by atoms with Crippen molar-refractivity contribution in [2.24, 2.45) is 0 Å². The number of hydrogen-bond donors (Lipinski definition) is 0. The van der Waals surface area contributed by atoms with E-state index in [1.807, 2.05) is 36.4 Å². The Balaban J connectivity index is 0.00000280. The maximum atomic E-state index is 10.7. The Labute approximate surface area is 175 Å². The fraction of sp³-hybridized carbons (Fsp3) is 0.350. The summed E-state index contributed by atoms with van der Waals surface area (Å²) in [4.78, 5) is 10.7. The van der Waals surface area contributed by atoms with Gasteiger partial charge in [-0.1, -0.05) is 24.3 Å². The van der Waals surface area contributed by atoms with Crippen molar-refractivity contribution in [3.05, 3.63) is 48.5 Å². The first-order chi connectivity index (χ1) is 13.2. The van der Waals surface area contributed by atoms with E-state index in [0.29, 0.717) is 42.6 Å². The van der Waals surface area contributed by atoms with Crippen LogP contribution in [0.25, 0.3) is 0 Å². The molecule has 0 fully saturated rings. The van der Waals surface area contributed by atoms with Crippen molar-refractivity contribution in [2.45, 2.75) is 12.5 Å². The van der Waals surface area contributed by atoms with Gasteiger partial charge < -0.3 is 33.6 Å². The maximum Gasteiger partial charge on any atom is 1.00 e. The van der Waals surface area contributed by atoms with Crippen molar-refractivity contribution in [3.63, 3.8) is 0 Å². The largest absolute Gasteiger partial charge is 1.00 e. The molecule has 1 aliphatic heterocycles. The minimum Gasteiger partial charge on any atom is -0.548 e. The predicted octanol–water partition coefficient (Wildman–Crippen LogP) is -1.56. The van der Waals surface area contributed by atoms with E-state index < -0.39 is 18.7 Å². The van der Waals surface area contributed by atoms with Crippen LogP contribution < -0.4 is 42.9 Å². The molecule has 0 aromatic heterocycles. The summed E-state index contributed by atoms with van der Waals surface area (Å²) in [5.74, 6) is 1.02. The van der Waals surface area contributed by atoms with Gasteiger partial charge in [0.05, 0.1) is 25.8 Å². The Morgan fingerprint density at radius 2 is 1.29 bits per heavy atom. The fourth-order valence-corrected chi connectivity index (χ4v) is 2.50. The van der Waals surface area contributed by atoms with Gasteiger partial charge in [0.15, 0.2) is 23.0 Å². The molecule has 1 heterocycles. The summed E-state index contributed by atoms with van der Waals surface area (Å²) in [5, 5.41) is 10.7. The van der Waals surface area contributed by atoms with Gasteiger partial charge in [0.25, 0.3) is 0 Å².